The Bertz CT molecular complexity index is 2160. The van der Waals surface area contributed by atoms with E-state index in [2.05, 4.69) is 108 Å². The normalized spacial score (nSPS) is 11.8. The van der Waals surface area contributed by atoms with Crippen molar-refractivity contribution in [1.82, 2.24) is 19.5 Å². The Morgan fingerprint density at radius 1 is 0.514 bits per heavy atom. The molecule has 172 valence electrons. The van der Waals surface area contributed by atoms with Gasteiger partial charge in [-0.05, 0) is 57.9 Å². The van der Waals surface area contributed by atoms with Gasteiger partial charge in [-0.3, -0.25) is 9.55 Å². The Morgan fingerprint density at radius 3 is 2.11 bits per heavy atom. The molecule has 5 aromatic carbocycles. The van der Waals surface area contributed by atoms with Crippen molar-refractivity contribution in [2.75, 3.05) is 0 Å². The van der Waals surface area contributed by atoms with E-state index < -0.39 is 0 Å². The monoisotopic (exact) mass is 472 g/mol. The maximum Gasteiger partial charge on any atom is 0.235 e. The number of para-hydroxylation sites is 1. The molecule has 0 spiro atoms. The molecule has 3 heterocycles. The number of aromatic nitrogens is 4. The average Bonchev–Trinajstić information content (AvgIpc) is 3.28. The average molecular weight is 473 g/mol. The second-order valence-electron chi connectivity index (χ2n) is 9.37. The zero-order valence-corrected chi connectivity index (χ0v) is 19.8. The van der Waals surface area contributed by atoms with Crippen LogP contribution in [0.25, 0.3) is 71.6 Å². The minimum atomic E-state index is 0.644. The second-order valence-corrected chi connectivity index (χ2v) is 9.37. The fraction of sp³-hybridized carbons (Fsp3) is 0. The lowest BCUT2D eigenvalue weighted by atomic mass is 10.0. The van der Waals surface area contributed by atoms with Crippen LogP contribution in [0.3, 0.4) is 0 Å². The number of fused-ring (bicyclic) bond motifs is 6. The topological polar surface area (TPSA) is 43.6 Å². The second kappa shape index (κ2) is 7.70. The maximum absolute atomic E-state index is 5.19. The minimum absolute atomic E-state index is 0.644. The van der Waals surface area contributed by atoms with E-state index in [1.54, 1.807) is 0 Å². The van der Waals surface area contributed by atoms with Gasteiger partial charge in [0.1, 0.15) is 11.2 Å². The molecule has 0 fully saturated rings. The van der Waals surface area contributed by atoms with Gasteiger partial charge in [0.05, 0.1) is 16.6 Å². The predicted octanol–water partition coefficient (Wildman–Crippen LogP) is 8.10. The lowest BCUT2D eigenvalue weighted by Gasteiger charge is -2.12. The van der Waals surface area contributed by atoms with E-state index in [1.165, 1.54) is 32.3 Å². The van der Waals surface area contributed by atoms with E-state index >= 15 is 0 Å². The van der Waals surface area contributed by atoms with Gasteiger partial charge in [-0.15, -0.1) is 0 Å². The fourth-order valence-electron chi connectivity index (χ4n) is 5.46. The van der Waals surface area contributed by atoms with Gasteiger partial charge >= 0.3 is 0 Å². The molecule has 0 radical (unpaired) electrons. The minimum Gasteiger partial charge on any atom is -0.278 e. The molecule has 3 aromatic heterocycles. The van der Waals surface area contributed by atoms with Crippen LogP contribution >= 0.6 is 0 Å². The van der Waals surface area contributed by atoms with Gasteiger partial charge in [0.2, 0.25) is 5.95 Å². The smallest absolute Gasteiger partial charge is 0.235 e. The number of pyridine rings is 1. The highest BCUT2D eigenvalue weighted by Crippen LogP contribution is 2.35. The molecule has 8 aromatic rings. The van der Waals surface area contributed by atoms with Crippen LogP contribution in [-0.4, -0.2) is 19.5 Å². The van der Waals surface area contributed by atoms with Crippen LogP contribution in [0, 0.1) is 0 Å². The van der Waals surface area contributed by atoms with Crippen LogP contribution in [0.2, 0.25) is 0 Å². The van der Waals surface area contributed by atoms with E-state index in [0.29, 0.717) is 5.95 Å². The molecule has 37 heavy (non-hydrogen) atoms. The van der Waals surface area contributed by atoms with Gasteiger partial charge in [-0.25, -0.2) is 9.97 Å². The van der Waals surface area contributed by atoms with Crippen molar-refractivity contribution in [2.45, 2.75) is 0 Å². The van der Waals surface area contributed by atoms with E-state index in [-0.39, 0.29) is 0 Å². The van der Waals surface area contributed by atoms with Gasteiger partial charge in [0.25, 0.3) is 0 Å². The first-order valence-electron chi connectivity index (χ1n) is 12.4. The van der Waals surface area contributed by atoms with Crippen LogP contribution in [0.4, 0.5) is 0 Å². The van der Waals surface area contributed by atoms with Crippen LogP contribution in [0.5, 0.6) is 0 Å². The summed E-state index contributed by atoms with van der Waals surface area (Å²) >= 11 is 0. The van der Waals surface area contributed by atoms with Crippen molar-refractivity contribution >= 4 is 54.4 Å². The maximum atomic E-state index is 5.19. The predicted molar refractivity (Wildman–Crippen MR) is 152 cm³/mol. The number of hydrogen-bond donors (Lipinski definition) is 0. The lowest BCUT2D eigenvalue weighted by Crippen LogP contribution is -2.04. The third-order valence-corrected chi connectivity index (χ3v) is 7.21. The van der Waals surface area contributed by atoms with Crippen molar-refractivity contribution in [2.24, 2.45) is 0 Å². The van der Waals surface area contributed by atoms with E-state index in [1.807, 2.05) is 18.3 Å². The zero-order valence-electron chi connectivity index (χ0n) is 19.8. The SMILES string of the molecule is c1ccc2cc(-c3nc(-n4c5ccccc5c5cc6ccccc6cc54)nc4cccnc34)ccc2c1. The van der Waals surface area contributed by atoms with E-state index in [0.717, 1.165) is 33.3 Å². The molecule has 0 unspecified atom stereocenters. The molecule has 0 aliphatic heterocycles. The Kier molecular flexibility index (Phi) is 4.19. The zero-order chi connectivity index (χ0) is 24.3. The van der Waals surface area contributed by atoms with Gasteiger partial charge in [0.15, 0.2) is 0 Å². The van der Waals surface area contributed by atoms with E-state index in [9.17, 15) is 0 Å². The number of hydrogen-bond acceptors (Lipinski definition) is 3. The first-order chi connectivity index (χ1) is 18.3. The van der Waals surface area contributed by atoms with E-state index in [4.69, 9.17) is 15.0 Å². The molecule has 0 aliphatic carbocycles. The summed E-state index contributed by atoms with van der Waals surface area (Å²) in [6.07, 6.45) is 1.81. The third-order valence-electron chi connectivity index (χ3n) is 7.21. The van der Waals surface area contributed by atoms with Gasteiger partial charge in [0, 0.05) is 22.5 Å². The molecule has 0 atom stereocenters. The molecule has 0 bridgehead atoms. The van der Waals surface area contributed by atoms with Gasteiger partial charge in [-0.2, -0.15) is 0 Å². The largest absolute Gasteiger partial charge is 0.278 e. The molecular weight excluding hydrogens is 452 g/mol. The Hall–Kier alpha value is -5.09. The van der Waals surface area contributed by atoms with Crippen molar-refractivity contribution in [3.63, 3.8) is 0 Å². The molecule has 0 amide bonds. The van der Waals surface area contributed by atoms with Crippen molar-refractivity contribution in [1.29, 1.82) is 0 Å². The third kappa shape index (κ3) is 3.06. The number of benzene rings is 5. The summed E-state index contributed by atoms with van der Waals surface area (Å²) in [5, 5.41) is 7.16. The first-order valence-corrected chi connectivity index (χ1v) is 12.4. The molecule has 4 heteroatoms. The summed E-state index contributed by atoms with van der Waals surface area (Å²) in [6.45, 7) is 0. The molecule has 8 rings (SSSR count). The molecule has 0 saturated carbocycles. The van der Waals surface area contributed by atoms with Crippen LogP contribution < -0.4 is 0 Å². The Labute approximate surface area is 212 Å². The highest BCUT2D eigenvalue weighted by Gasteiger charge is 2.18. The van der Waals surface area contributed by atoms with Crippen molar-refractivity contribution < 1.29 is 0 Å². The Morgan fingerprint density at radius 2 is 1.24 bits per heavy atom. The first kappa shape index (κ1) is 20.1. The van der Waals surface area contributed by atoms with Gasteiger partial charge in [-0.1, -0.05) is 78.9 Å². The van der Waals surface area contributed by atoms with Crippen LogP contribution in [-0.2, 0) is 0 Å². The molecule has 4 nitrogen and oxygen atoms in total. The number of rotatable bonds is 2. The summed E-state index contributed by atoms with van der Waals surface area (Å²) in [4.78, 5) is 14.9. The van der Waals surface area contributed by atoms with Gasteiger partial charge < -0.3 is 0 Å². The molecule has 0 aliphatic rings. The van der Waals surface area contributed by atoms with Crippen molar-refractivity contribution in [3.05, 3.63) is 121 Å². The summed E-state index contributed by atoms with van der Waals surface area (Å²) in [7, 11) is 0. The Balaban J connectivity index is 1.48. The summed E-state index contributed by atoms with van der Waals surface area (Å²) in [6, 6.07) is 40.3. The summed E-state index contributed by atoms with van der Waals surface area (Å²) in [5.41, 5.74) is 5.65. The fourth-order valence-corrected chi connectivity index (χ4v) is 5.46. The molecule has 0 N–H and O–H groups in total. The standard InChI is InChI=1S/C33H20N4/c1-2-9-22-18-25(16-15-21(22)8-1)31-32-28(13-7-17-34-32)35-33(36-31)37-29-14-6-5-12-26(29)27-19-23-10-3-4-11-24(23)20-30(27)37/h1-20H. The quantitative estimate of drug-likeness (QED) is 0.255. The van der Waals surface area contributed by atoms with Crippen molar-refractivity contribution in [3.8, 4) is 17.2 Å². The van der Waals surface area contributed by atoms with Crippen LogP contribution in [0.15, 0.2) is 121 Å². The van der Waals surface area contributed by atoms with Crippen LogP contribution in [0.1, 0.15) is 0 Å². The highest BCUT2D eigenvalue weighted by molar-refractivity contribution is 6.13. The molecule has 0 saturated heterocycles. The lowest BCUT2D eigenvalue weighted by molar-refractivity contribution is 1.01. The summed E-state index contributed by atoms with van der Waals surface area (Å²) < 4.78 is 2.19. The molecular formula is C33H20N4. The number of nitrogens with zero attached hydrogens (tertiary/aromatic N) is 4. The summed E-state index contributed by atoms with van der Waals surface area (Å²) in [5.74, 6) is 0.644. The highest BCUT2D eigenvalue weighted by atomic mass is 15.2.